The van der Waals surface area contributed by atoms with Gasteiger partial charge in [-0.1, -0.05) is 29.8 Å². The summed E-state index contributed by atoms with van der Waals surface area (Å²) in [7, 11) is 0. The van der Waals surface area contributed by atoms with Crippen LogP contribution >= 0.6 is 27.5 Å². The highest BCUT2D eigenvalue weighted by atomic mass is 79.9. The number of fused-ring (bicyclic) bond motifs is 1. The number of hydrogen-bond acceptors (Lipinski definition) is 4. The van der Waals surface area contributed by atoms with E-state index < -0.39 is 0 Å². The highest BCUT2D eigenvalue weighted by Crippen LogP contribution is 2.27. The highest BCUT2D eigenvalue weighted by Gasteiger charge is 2.13. The SMILES string of the molecule is O=C(Nc1cc2nn(-c3ccccc3)nc2cc1Cl)c1cncc(Br)c1. The zero-order valence-electron chi connectivity index (χ0n) is 13.2. The third kappa shape index (κ3) is 3.31. The van der Waals surface area contributed by atoms with Gasteiger partial charge in [0.1, 0.15) is 11.0 Å². The first-order chi connectivity index (χ1) is 12.6. The van der Waals surface area contributed by atoms with Crippen LogP contribution in [0.2, 0.25) is 5.02 Å². The maximum atomic E-state index is 12.4. The number of carbonyl (C=O) groups is 1. The Kier molecular flexibility index (Phi) is 4.40. The number of carbonyl (C=O) groups excluding carboxylic acids is 1. The minimum atomic E-state index is -0.310. The zero-order valence-corrected chi connectivity index (χ0v) is 15.6. The summed E-state index contributed by atoms with van der Waals surface area (Å²) in [5.41, 5.74) is 2.99. The van der Waals surface area contributed by atoms with Crippen LogP contribution in [0, 0.1) is 0 Å². The van der Waals surface area contributed by atoms with Gasteiger partial charge in [0.2, 0.25) is 0 Å². The van der Waals surface area contributed by atoms with E-state index in [4.69, 9.17) is 11.6 Å². The van der Waals surface area contributed by atoms with Crippen molar-refractivity contribution in [3.8, 4) is 5.69 Å². The van der Waals surface area contributed by atoms with Gasteiger partial charge in [-0.2, -0.15) is 4.80 Å². The molecule has 0 fully saturated rings. The molecule has 0 spiro atoms. The molecule has 0 bridgehead atoms. The van der Waals surface area contributed by atoms with Crippen molar-refractivity contribution in [1.29, 1.82) is 0 Å². The largest absolute Gasteiger partial charge is 0.321 e. The van der Waals surface area contributed by atoms with Crippen LogP contribution in [0.3, 0.4) is 0 Å². The normalized spacial score (nSPS) is 10.8. The van der Waals surface area contributed by atoms with Crippen molar-refractivity contribution in [2.45, 2.75) is 0 Å². The smallest absolute Gasteiger partial charge is 0.257 e. The number of aromatic nitrogens is 4. The molecule has 0 atom stereocenters. The lowest BCUT2D eigenvalue weighted by molar-refractivity contribution is 0.102. The number of amides is 1. The fourth-order valence-corrected chi connectivity index (χ4v) is 3.01. The third-order valence-electron chi connectivity index (χ3n) is 3.67. The van der Waals surface area contributed by atoms with Gasteiger partial charge < -0.3 is 5.32 Å². The Balaban J connectivity index is 1.67. The molecule has 26 heavy (non-hydrogen) atoms. The van der Waals surface area contributed by atoms with Gasteiger partial charge in [0.05, 0.1) is 22.0 Å². The first-order valence-electron chi connectivity index (χ1n) is 7.64. The summed E-state index contributed by atoms with van der Waals surface area (Å²) in [6.45, 7) is 0. The number of nitrogens with one attached hydrogen (secondary N) is 1. The van der Waals surface area contributed by atoms with Crippen LogP contribution in [-0.4, -0.2) is 25.9 Å². The van der Waals surface area contributed by atoms with Crippen molar-refractivity contribution < 1.29 is 4.79 Å². The average molecular weight is 429 g/mol. The van der Waals surface area contributed by atoms with Gasteiger partial charge >= 0.3 is 0 Å². The molecule has 1 N–H and O–H groups in total. The molecule has 0 aliphatic carbocycles. The fraction of sp³-hybridized carbons (Fsp3) is 0. The van der Waals surface area contributed by atoms with Gasteiger partial charge in [-0.05, 0) is 46.3 Å². The second kappa shape index (κ2) is 6.86. The number of pyridine rings is 1. The highest BCUT2D eigenvalue weighted by molar-refractivity contribution is 9.10. The quantitative estimate of drug-likeness (QED) is 0.522. The van der Waals surface area contributed by atoms with Crippen LogP contribution in [0.4, 0.5) is 5.69 Å². The molecule has 2 aromatic heterocycles. The van der Waals surface area contributed by atoms with Crippen LogP contribution in [0.15, 0.2) is 65.4 Å². The lowest BCUT2D eigenvalue weighted by atomic mass is 10.2. The summed E-state index contributed by atoms with van der Waals surface area (Å²) in [5.74, 6) is -0.310. The molecule has 6 nitrogen and oxygen atoms in total. The Bertz CT molecular complexity index is 1110. The van der Waals surface area contributed by atoms with Crippen LogP contribution in [0.5, 0.6) is 0 Å². The first kappa shape index (κ1) is 16.7. The molecular weight excluding hydrogens is 418 g/mol. The number of nitrogens with zero attached hydrogens (tertiary/aromatic N) is 4. The lowest BCUT2D eigenvalue weighted by Gasteiger charge is -2.07. The summed E-state index contributed by atoms with van der Waals surface area (Å²) >= 11 is 9.60. The van der Waals surface area contributed by atoms with E-state index >= 15 is 0 Å². The minimum absolute atomic E-state index is 0.310. The first-order valence-corrected chi connectivity index (χ1v) is 8.81. The number of rotatable bonds is 3. The van der Waals surface area contributed by atoms with Crippen LogP contribution < -0.4 is 5.32 Å². The average Bonchev–Trinajstić information content (AvgIpc) is 3.05. The standard InChI is InChI=1S/C18H11BrClN5O/c19-12-6-11(9-21-10-12)18(26)22-15-8-17-16(7-14(15)20)23-25(24-17)13-4-2-1-3-5-13/h1-10H,(H,22,26). The van der Waals surface area contributed by atoms with Gasteiger partial charge in [-0.25, -0.2) is 0 Å². The van der Waals surface area contributed by atoms with Crippen molar-refractivity contribution >= 4 is 50.2 Å². The van der Waals surface area contributed by atoms with Gasteiger partial charge in [0.25, 0.3) is 5.91 Å². The second-order valence-corrected chi connectivity index (χ2v) is 6.81. The number of halogens is 2. The molecule has 0 aliphatic heterocycles. The van der Waals surface area contributed by atoms with Crippen molar-refractivity contribution in [3.63, 3.8) is 0 Å². The van der Waals surface area contributed by atoms with E-state index in [1.54, 1.807) is 24.4 Å². The van der Waals surface area contributed by atoms with Crippen molar-refractivity contribution in [2.24, 2.45) is 0 Å². The van der Waals surface area contributed by atoms with E-state index in [1.165, 1.54) is 11.0 Å². The van der Waals surface area contributed by atoms with Crippen LogP contribution in [0.1, 0.15) is 10.4 Å². The molecule has 0 saturated heterocycles. The van der Waals surface area contributed by atoms with Crippen molar-refractivity contribution in [1.82, 2.24) is 20.0 Å². The predicted molar refractivity (Wildman–Crippen MR) is 104 cm³/mol. The number of hydrogen-bond donors (Lipinski definition) is 1. The maximum Gasteiger partial charge on any atom is 0.257 e. The summed E-state index contributed by atoms with van der Waals surface area (Å²) in [6, 6.07) is 14.6. The van der Waals surface area contributed by atoms with E-state index in [-0.39, 0.29) is 5.91 Å². The van der Waals surface area contributed by atoms with E-state index in [9.17, 15) is 4.79 Å². The van der Waals surface area contributed by atoms with Crippen molar-refractivity contribution in [2.75, 3.05) is 5.32 Å². The molecule has 8 heteroatoms. The lowest BCUT2D eigenvalue weighted by Crippen LogP contribution is -2.12. The number of anilines is 1. The summed E-state index contributed by atoms with van der Waals surface area (Å²) in [5, 5.41) is 12.1. The third-order valence-corrected chi connectivity index (χ3v) is 4.42. The molecule has 128 valence electrons. The molecular formula is C18H11BrClN5O. The summed E-state index contributed by atoms with van der Waals surface area (Å²) in [6.07, 6.45) is 3.09. The van der Waals surface area contributed by atoms with Gasteiger partial charge in [0, 0.05) is 16.9 Å². The zero-order chi connectivity index (χ0) is 18.1. The molecule has 1 amide bonds. The fourth-order valence-electron chi connectivity index (χ4n) is 2.44. The summed E-state index contributed by atoms with van der Waals surface area (Å²) in [4.78, 5) is 17.9. The molecule has 0 radical (unpaired) electrons. The molecule has 2 aromatic carbocycles. The van der Waals surface area contributed by atoms with Crippen molar-refractivity contribution in [3.05, 3.63) is 76.0 Å². The monoisotopic (exact) mass is 427 g/mol. The Morgan fingerprint density at radius 1 is 1.04 bits per heavy atom. The molecule has 0 saturated carbocycles. The minimum Gasteiger partial charge on any atom is -0.321 e. The Morgan fingerprint density at radius 2 is 1.77 bits per heavy atom. The Labute approximate surface area is 161 Å². The summed E-state index contributed by atoms with van der Waals surface area (Å²) < 4.78 is 0.720. The maximum absolute atomic E-state index is 12.4. The molecule has 0 unspecified atom stereocenters. The molecule has 4 aromatic rings. The number of benzene rings is 2. The van der Waals surface area contributed by atoms with E-state index in [1.807, 2.05) is 30.3 Å². The molecule has 0 aliphatic rings. The van der Waals surface area contributed by atoms with E-state index in [0.29, 0.717) is 27.3 Å². The van der Waals surface area contributed by atoms with Gasteiger partial charge in [-0.3, -0.25) is 9.78 Å². The van der Waals surface area contributed by atoms with E-state index in [0.717, 1.165) is 10.2 Å². The van der Waals surface area contributed by atoms with Crippen LogP contribution in [0.25, 0.3) is 16.7 Å². The molecule has 2 heterocycles. The number of para-hydroxylation sites is 1. The Morgan fingerprint density at radius 3 is 2.50 bits per heavy atom. The molecule has 4 rings (SSSR count). The predicted octanol–water partition coefficient (Wildman–Crippen LogP) is 4.48. The van der Waals surface area contributed by atoms with Crippen LogP contribution in [-0.2, 0) is 0 Å². The van der Waals surface area contributed by atoms with Gasteiger partial charge in [-0.15, -0.1) is 10.2 Å². The van der Waals surface area contributed by atoms with E-state index in [2.05, 4.69) is 36.4 Å². The van der Waals surface area contributed by atoms with Gasteiger partial charge in [0.15, 0.2) is 0 Å². The Hall–Kier alpha value is -2.77. The topological polar surface area (TPSA) is 72.7 Å². The second-order valence-electron chi connectivity index (χ2n) is 5.49.